The van der Waals surface area contributed by atoms with Crippen LogP contribution in [0.1, 0.15) is 38.5 Å². The highest BCUT2D eigenvalue weighted by molar-refractivity contribution is 6.30. The highest BCUT2D eigenvalue weighted by Crippen LogP contribution is 2.28. The van der Waals surface area contributed by atoms with Crippen molar-refractivity contribution < 1.29 is 9.32 Å². The molecule has 1 saturated heterocycles. The van der Waals surface area contributed by atoms with Crippen LogP contribution in [0.5, 0.6) is 0 Å². The molecule has 0 saturated carbocycles. The molecule has 1 atom stereocenters. The lowest BCUT2D eigenvalue weighted by Gasteiger charge is -2.35. The average molecular weight is 349 g/mol. The number of halogens is 1. The Hall–Kier alpha value is -1.92. The minimum atomic E-state index is -0.870. The Balaban J connectivity index is 1.75. The minimum absolute atomic E-state index is 0.0404. The van der Waals surface area contributed by atoms with E-state index in [0.717, 1.165) is 18.4 Å². The third-order valence-electron chi connectivity index (χ3n) is 4.15. The monoisotopic (exact) mass is 348 g/mol. The number of piperidine rings is 1. The molecule has 2 aromatic rings. The van der Waals surface area contributed by atoms with Crippen molar-refractivity contribution in [1.82, 2.24) is 15.0 Å². The number of nitrogens with zero attached hydrogens (tertiary/aromatic N) is 3. The Morgan fingerprint density at radius 2 is 2.08 bits per heavy atom. The molecule has 1 unspecified atom stereocenters. The van der Waals surface area contributed by atoms with E-state index in [0.29, 0.717) is 29.8 Å². The Labute approximate surface area is 146 Å². The van der Waals surface area contributed by atoms with Crippen molar-refractivity contribution in [3.63, 3.8) is 0 Å². The molecule has 1 aliphatic rings. The van der Waals surface area contributed by atoms with Gasteiger partial charge in [0.25, 0.3) is 0 Å². The van der Waals surface area contributed by atoms with Gasteiger partial charge in [0.2, 0.25) is 17.6 Å². The van der Waals surface area contributed by atoms with E-state index in [1.165, 1.54) is 0 Å². The maximum Gasteiger partial charge on any atom is 0.242 e. The highest BCUT2D eigenvalue weighted by Gasteiger charge is 2.33. The van der Waals surface area contributed by atoms with Crippen molar-refractivity contribution in [2.45, 2.75) is 38.1 Å². The summed E-state index contributed by atoms with van der Waals surface area (Å²) in [7, 11) is 0. The van der Waals surface area contributed by atoms with E-state index in [4.69, 9.17) is 21.9 Å². The lowest BCUT2D eigenvalue weighted by molar-refractivity contribution is -0.137. The van der Waals surface area contributed by atoms with Crippen LogP contribution in [0.15, 0.2) is 28.8 Å². The molecule has 7 heteroatoms. The summed E-state index contributed by atoms with van der Waals surface area (Å²) >= 11 is 5.90. The molecule has 0 spiro atoms. The molecule has 24 heavy (non-hydrogen) atoms. The lowest BCUT2D eigenvalue weighted by atomic mass is 9.95. The summed E-state index contributed by atoms with van der Waals surface area (Å²) in [5.41, 5.74) is 5.91. The van der Waals surface area contributed by atoms with E-state index < -0.39 is 5.54 Å². The van der Waals surface area contributed by atoms with E-state index in [2.05, 4.69) is 10.1 Å². The molecule has 3 rings (SSSR count). The molecule has 1 aromatic heterocycles. The molecule has 2 N–H and O–H groups in total. The minimum Gasteiger partial charge on any atom is -0.340 e. The van der Waals surface area contributed by atoms with E-state index >= 15 is 0 Å². The predicted molar refractivity (Wildman–Crippen MR) is 91.6 cm³/mol. The third-order valence-corrected chi connectivity index (χ3v) is 4.41. The number of amides is 1. The number of carbonyl (C=O) groups is 1. The van der Waals surface area contributed by atoms with Gasteiger partial charge in [0.15, 0.2) is 0 Å². The Morgan fingerprint density at radius 1 is 1.38 bits per heavy atom. The van der Waals surface area contributed by atoms with Gasteiger partial charge in [-0.2, -0.15) is 4.98 Å². The summed E-state index contributed by atoms with van der Waals surface area (Å²) in [6.07, 6.45) is 1.81. The summed E-state index contributed by atoms with van der Waals surface area (Å²) in [4.78, 5) is 18.7. The Morgan fingerprint density at radius 3 is 2.75 bits per heavy atom. The van der Waals surface area contributed by atoms with Crippen LogP contribution in [0.25, 0.3) is 11.4 Å². The summed E-state index contributed by atoms with van der Waals surface area (Å²) in [5.74, 6) is 1.08. The maximum absolute atomic E-state index is 12.4. The van der Waals surface area contributed by atoms with Crippen molar-refractivity contribution in [3.8, 4) is 11.4 Å². The zero-order valence-electron chi connectivity index (χ0n) is 13.8. The summed E-state index contributed by atoms with van der Waals surface area (Å²) < 4.78 is 5.44. The number of rotatable bonds is 3. The standard InChI is InChI=1S/C17H21ClN4O2/c1-17(2,19)16(23)22-9-3-4-12(10-22)15-20-14(21-24-15)11-5-7-13(18)8-6-11/h5-8,12H,3-4,9-10,19H2,1-2H3. The lowest BCUT2D eigenvalue weighted by Crippen LogP contribution is -2.53. The molecule has 1 aromatic carbocycles. The molecular formula is C17H21ClN4O2. The molecule has 0 radical (unpaired) electrons. The summed E-state index contributed by atoms with van der Waals surface area (Å²) in [5, 5.41) is 4.71. The first kappa shape index (κ1) is 16.9. The van der Waals surface area contributed by atoms with Crippen LogP contribution in [-0.2, 0) is 4.79 Å². The molecule has 128 valence electrons. The van der Waals surface area contributed by atoms with Gasteiger partial charge in [-0.25, -0.2) is 0 Å². The van der Waals surface area contributed by atoms with Crippen LogP contribution in [0.3, 0.4) is 0 Å². The fraction of sp³-hybridized carbons (Fsp3) is 0.471. The predicted octanol–water partition coefficient (Wildman–Crippen LogP) is 2.83. The van der Waals surface area contributed by atoms with Gasteiger partial charge in [-0.3, -0.25) is 4.79 Å². The van der Waals surface area contributed by atoms with Gasteiger partial charge >= 0.3 is 0 Å². The van der Waals surface area contributed by atoms with Crippen molar-refractivity contribution in [1.29, 1.82) is 0 Å². The van der Waals surface area contributed by atoms with Crippen LogP contribution in [0.4, 0.5) is 0 Å². The molecule has 1 amide bonds. The highest BCUT2D eigenvalue weighted by atomic mass is 35.5. The second-order valence-electron chi connectivity index (χ2n) is 6.78. The maximum atomic E-state index is 12.4. The fourth-order valence-electron chi connectivity index (χ4n) is 2.89. The smallest absolute Gasteiger partial charge is 0.242 e. The number of aromatic nitrogens is 2. The van der Waals surface area contributed by atoms with Gasteiger partial charge in [0.1, 0.15) is 0 Å². The first-order chi connectivity index (χ1) is 11.3. The topological polar surface area (TPSA) is 85.3 Å². The van der Waals surface area contributed by atoms with Crippen molar-refractivity contribution in [2.24, 2.45) is 5.73 Å². The number of carbonyl (C=O) groups excluding carboxylic acids is 1. The number of hydrogen-bond donors (Lipinski definition) is 1. The number of likely N-dealkylation sites (tertiary alicyclic amines) is 1. The SMILES string of the molecule is CC(C)(N)C(=O)N1CCCC(c2nc(-c3ccc(Cl)cc3)no2)C1. The molecular weight excluding hydrogens is 328 g/mol. The van der Waals surface area contributed by atoms with Crippen LogP contribution >= 0.6 is 11.6 Å². The van der Waals surface area contributed by atoms with E-state index in [1.54, 1.807) is 30.9 Å². The fourth-order valence-corrected chi connectivity index (χ4v) is 3.01. The zero-order chi connectivity index (χ0) is 17.3. The number of hydrogen-bond acceptors (Lipinski definition) is 5. The normalized spacial score (nSPS) is 18.7. The largest absolute Gasteiger partial charge is 0.340 e. The second kappa shape index (κ2) is 6.53. The van der Waals surface area contributed by atoms with Gasteiger partial charge in [0.05, 0.1) is 11.5 Å². The number of nitrogens with two attached hydrogens (primary N) is 1. The Kier molecular flexibility index (Phi) is 4.60. The van der Waals surface area contributed by atoms with Crippen LogP contribution in [0.2, 0.25) is 5.02 Å². The first-order valence-electron chi connectivity index (χ1n) is 8.02. The van der Waals surface area contributed by atoms with Crippen LogP contribution in [-0.4, -0.2) is 39.6 Å². The van der Waals surface area contributed by atoms with E-state index in [-0.39, 0.29) is 11.8 Å². The van der Waals surface area contributed by atoms with Crippen molar-refractivity contribution in [2.75, 3.05) is 13.1 Å². The molecule has 6 nitrogen and oxygen atoms in total. The first-order valence-corrected chi connectivity index (χ1v) is 8.40. The van der Waals surface area contributed by atoms with Gasteiger partial charge < -0.3 is 15.2 Å². The molecule has 0 aliphatic carbocycles. The van der Waals surface area contributed by atoms with Crippen molar-refractivity contribution in [3.05, 3.63) is 35.2 Å². The zero-order valence-corrected chi connectivity index (χ0v) is 14.6. The van der Waals surface area contributed by atoms with Gasteiger partial charge in [0, 0.05) is 23.7 Å². The van der Waals surface area contributed by atoms with Gasteiger partial charge in [-0.05, 0) is 51.0 Å². The average Bonchev–Trinajstić information content (AvgIpc) is 3.04. The second-order valence-corrected chi connectivity index (χ2v) is 7.21. The molecule has 2 heterocycles. The van der Waals surface area contributed by atoms with Crippen molar-refractivity contribution >= 4 is 17.5 Å². The van der Waals surface area contributed by atoms with E-state index in [9.17, 15) is 4.79 Å². The van der Waals surface area contributed by atoms with E-state index in [1.807, 2.05) is 12.1 Å². The Bertz CT molecular complexity index is 721. The quantitative estimate of drug-likeness (QED) is 0.921. The van der Waals surface area contributed by atoms with Crippen LogP contribution in [0, 0.1) is 0 Å². The van der Waals surface area contributed by atoms with Crippen LogP contribution < -0.4 is 5.73 Å². The number of benzene rings is 1. The summed E-state index contributed by atoms with van der Waals surface area (Å²) in [6, 6.07) is 7.28. The molecule has 1 fully saturated rings. The molecule has 0 bridgehead atoms. The third kappa shape index (κ3) is 3.60. The summed E-state index contributed by atoms with van der Waals surface area (Å²) in [6.45, 7) is 4.73. The molecule has 1 aliphatic heterocycles. The van der Waals surface area contributed by atoms with Gasteiger partial charge in [-0.1, -0.05) is 16.8 Å². The van der Waals surface area contributed by atoms with Gasteiger partial charge in [-0.15, -0.1) is 0 Å².